The summed E-state index contributed by atoms with van der Waals surface area (Å²) in [6.45, 7) is 0.499. The Balaban J connectivity index is 1.89. The molecular formula is C14H16F2N4O2S. The molecule has 2 heterocycles. The predicted molar refractivity (Wildman–Crippen MR) is 78.1 cm³/mol. The summed E-state index contributed by atoms with van der Waals surface area (Å²) in [5.74, 6) is -1.29. The maximum Gasteiger partial charge on any atom is 0.246 e. The smallest absolute Gasteiger partial charge is 0.246 e. The van der Waals surface area contributed by atoms with Gasteiger partial charge in [-0.2, -0.15) is 4.31 Å². The van der Waals surface area contributed by atoms with Crippen LogP contribution in [0, 0.1) is 11.6 Å². The van der Waals surface area contributed by atoms with Gasteiger partial charge >= 0.3 is 0 Å². The predicted octanol–water partition coefficient (Wildman–Crippen LogP) is 1.66. The van der Waals surface area contributed by atoms with Crippen LogP contribution in [0.1, 0.15) is 24.6 Å². The third-order valence-corrected chi connectivity index (χ3v) is 5.91. The molecule has 3 rings (SSSR count). The Kier molecular flexibility index (Phi) is 4.15. The summed E-state index contributed by atoms with van der Waals surface area (Å²) in [5, 5.41) is 7.84. The van der Waals surface area contributed by atoms with E-state index in [1.807, 2.05) is 0 Å². The van der Waals surface area contributed by atoms with Crippen molar-refractivity contribution in [2.45, 2.75) is 23.7 Å². The van der Waals surface area contributed by atoms with Gasteiger partial charge in [0.2, 0.25) is 10.0 Å². The Morgan fingerprint density at radius 3 is 2.74 bits per heavy atom. The van der Waals surface area contributed by atoms with E-state index in [2.05, 4.69) is 10.2 Å². The van der Waals surface area contributed by atoms with E-state index in [9.17, 15) is 17.2 Å². The van der Waals surface area contributed by atoms with Gasteiger partial charge in [0.25, 0.3) is 0 Å². The molecule has 23 heavy (non-hydrogen) atoms. The van der Waals surface area contributed by atoms with Crippen LogP contribution in [0.5, 0.6) is 0 Å². The minimum atomic E-state index is -4.01. The number of aryl methyl sites for hydroxylation is 1. The van der Waals surface area contributed by atoms with Gasteiger partial charge in [-0.3, -0.25) is 0 Å². The molecule has 0 spiro atoms. The van der Waals surface area contributed by atoms with Gasteiger partial charge in [0.1, 0.15) is 28.7 Å². The van der Waals surface area contributed by atoms with E-state index in [0.29, 0.717) is 24.9 Å². The largest absolute Gasteiger partial charge is 0.320 e. The first-order valence-corrected chi connectivity index (χ1v) is 8.62. The third kappa shape index (κ3) is 2.98. The monoisotopic (exact) mass is 342 g/mol. The van der Waals surface area contributed by atoms with E-state index in [4.69, 9.17) is 0 Å². The number of hydrogen-bond acceptors (Lipinski definition) is 4. The van der Waals surface area contributed by atoms with Crippen LogP contribution in [0.3, 0.4) is 0 Å². The summed E-state index contributed by atoms with van der Waals surface area (Å²) in [4.78, 5) is -0.502. The van der Waals surface area contributed by atoms with Crippen LogP contribution >= 0.6 is 0 Å². The molecule has 0 saturated carbocycles. The number of piperidine rings is 1. The number of aromatic nitrogens is 3. The Bertz CT molecular complexity index is 822. The zero-order valence-electron chi connectivity index (χ0n) is 12.5. The van der Waals surface area contributed by atoms with Crippen molar-refractivity contribution in [3.63, 3.8) is 0 Å². The van der Waals surface area contributed by atoms with Crippen molar-refractivity contribution < 1.29 is 17.2 Å². The fourth-order valence-corrected chi connectivity index (χ4v) is 4.43. The lowest BCUT2D eigenvalue weighted by Gasteiger charge is -2.31. The highest BCUT2D eigenvalue weighted by Gasteiger charge is 2.34. The summed E-state index contributed by atoms with van der Waals surface area (Å²) in [7, 11) is -2.22. The van der Waals surface area contributed by atoms with Crippen molar-refractivity contribution in [1.82, 2.24) is 19.1 Å². The molecule has 1 aliphatic heterocycles. The number of benzene rings is 1. The lowest BCUT2D eigenvalue weighted by molar-refractivity contribution is 0.305. The van der Waals surface area contributed by atoms with Gasteiger partial charge in [-0.25, -0.2) is 17.2 Å². The van der Waals surface area contributed by atoms with Crippen LogP contribution in [-0.2, 0) is 17.1 Å². The summed E-state index contributed by atoms with van der Waals surface area (Å²) in [5.41, 5.74) is 0. The Morgan fingerprint density at radius 2 is 2.09 bits per heavy atom. The van der Waals surface area contributed by atoms with Crippen LogP contribution in [0.25, 0.3) is 0 Å². The quantitative estimate of drug-likeness (QED) is 0.851. The van der Waals surface area contributed by atoms with Crippen molar-refractivity contribution in [2.75, 3.05) is 13.1 Å². The molecule has 0 amide bonds. The molecule has 6 nitrogen and oxygen atoms in total. The zero-order chi connectivity index (χ0) is 16.6. The second-order valence-corrected chi connectivity index (χ2v) is 7.48. The molecule has 0 N–H and O–H groups in total. The van der Waals surface area contributed by atoms with Gasteiger partial charge < -0.3 is 4.57 Å². The Hall–Kier alpha value is -1.87. The van der Waals surface area contributed by atoms with E-state index < -0.39 is 26.6 Å². The number of hydrogen-bond donors (Lipinski definition) is 0. The second kappa shape index (κ2) is 5.97. The van der Waals surface area contributed by atoms with Crippen molar-refractivity contribution in [2.24, 2.45) is 7.05 Å². The standard InChI is InChI=1S/C14H16F2N4O2S/c1-19-9-17-18-14(19)10-3-2-6-20(8-10)23(21,22)13-5-4-11(15)7-12(13)16/h4-5,7,9-10H,2-3,6,8H2,1H3/t10-/m0/s1. The fraction of sp³-hybridized carbons (Fsp3) is 0.429. The molecule has 1 saturated heterocycles. The van der Waals surface area contributed by atoms with E-state index in [1.165, 1.54) is 4.31 Å². The lowest BCUT2D eigenvalue weighted by atomic mass is 9.99. The average molecular weight is 342 g/mol. The van der Waals surface area contributed by atoms with Crippen molar-refractivity contribution in [3.8, 4) is 0 Å². The van der Waals surface area contributed by atoms with Crippen LogP contribution in [0.4, 0.5) is 8.78 Å². The fourth-order valence-electron chi connectivity index (χ4n) is 2.86. The molecule has 0 bridgehead atoms. The summed E-state index contributed by atoms with van der Waals surface area (Å²) >= 11 is 0. The van der Waals surface area contributed by atoms with Crippen LogP contribution in [0.15, 0.2) is 29.4 Å². The lowest BCUT2D eigenvalue weighted by Crippen LogP contribution is -2.40. The highest BCUT2D eigenvalue weighted by molar-refractivity contribution is 7.89. The number of halogens is 2. The average Bonchev–Trinajstić information content (AvgIpc) is 2.93. The molecule has 0 radical (unpaired) electrons. The normalized spacial score (nSPS) is 19.9. The van der Waals surface area contributed by atoms with E-state index >= 15 is 0 Å². The van der Waals surface area contributed by atoms with Crippen LogP contribution in [-0.4, -0.2) is 40.6 Å². The molecule has 0 unspecified atom stereocenters. The first-order chi connectivity index (χ1) is 10.9. The minimum Gasteiger partial charge on any atom is -0.320 e. The maximum absolute atomic E-state index is 13.9. The van der Waals surface area contributed by atoms with E-state index in [-0.39, 0.29) is 12.5 Å². The Morgan fingerprint density at radius 1 is 1.30 bits per heavy atom. The molecule has 1 aliphatic rings. The molecule has 0 aliphatic carbocycles. The summed E-state index contributed by atoms with van der Waals surface area (Å²) in [6.07, 6.45) is 2.98. The van der Waals surface area contributed by atoms with Crippen molar-refractivity contribution in [1.29, 1.82) is 0 Å². The van der Waals surface area contributed by atoms with Crippen molar-refractivity contribution in [3.05, 3.63) is 42.0 Å². The topological polar surface area (TPSA) is 68.1 Å². The first kappa shape index (κ1) is 16.0. The third-order valence-electron chi connectivity index (χ3n) is 4.01. The van der Waals surface area contributed by atoms with Gasteiger partial charge in [0, 0.05) is 32.1 Å². The van der Waals surface area contributed by atoms with Crippen molar-refractivity contribution >= 4 is 10.0 Å². The summed E-state index contributed by atoms with van der Waals surface area (Å²) in [6, 6.07) is 2.49. The number of sulfonamides is 1. The molecular weight excluding hydrogens is 326 g/mol. The van der Waals surface area contributed by atoms with Gasteiger partial charge in [0.05, 0.1) is 0 Å². The van der Waals surface area contributed by atoms with Crippen LogP contribution in [0.2, 0.25) is 0 Å². The second-order valence-electron chi connectivity index (χ2n) is 5.58. The summed E-state index contributed by atoms with van der Waals surface area (Å²) < 4.78 is 55.1. The van der Waals surface area contributed by atoms with Gasteiger partial charge in [-0.15, -0.1) is 10.2 Å². The molecule has 1 atom stereocenters. The Labute approximate surface area is 132 Å². The molecule has 124 valence electrons. The highest BCUT2D eigenvalue weighted by atomic mass is 32.2. The minimum absolute atomic E-state index is 0.102. The van der Waals surface area contributed by atoms with Gasteiger partial charge in [0.15, 0.2) is 0 Å². The molecule has 9 heteroatoms. The maximum atomic E-state index is 13.9. The number of rotatable bonds is 3. The molecule has 1 aromatic heterocycles. The van der Waals surface area contributed by atoms with Crippen LogP contribution < -0.4 is 0 Å². The number of nitrogens with zero attached hydrogens (tertiary/aromatic N) is 4. The molecule has 2 aromatic rings. The molecule has 1 fully saturated rings. The SMILES string of the molecule is Cn1cnnc1[C@H]1CCCN(S(=O)(=O)c2ccc(F)cc2F)C1. The zero-order valence-corrected chi connectivity index (χ0v) is 13.3. The molecule has 1 aromatic carbocycles. The highest BCUT2D eigenvalue weighted by Crippen LogP contribution is 2.29. The van der Waals surface area contributed by atoms with Gasteiger partial charge in [-0.1, -0.05) is 0 Å². The van der Waals surface area contributed by atoms with Gasteiger partial charge in [-0.05, 0) is 25.0 Å². The van der Waals surface area contributed by atoms with E-state index in [1.54, 1.807) is 17.9 Å². The van der Waals surface area contributed by atoms with E-state index in [0.717, 1.165) is 18.6 Å². The first-order valence-electron chi connectivity index (χ1n) is 7.18.